The molecule has 0 spiro atoms. The lowest BCUT2D eigenvalue weighted by Gasteiger charge is -2.26. The van der Waals surface area contributed by atoms with Crippen LogP contribution in [0, 0.1) is 10.1 Å². The highest BCUT2D eigenvalue weighted by Crippen LogP contribution is 2.20. The Kier molecular flexibility index (Phi) is 10.3. The average Bonchev–Trinajstić information content (AvgIpc) is 2.91. The Balaban J connectivity index is 1.62. The fraction of sp³-hybridized carbons (Fsp3) is 0.231. The predicted octanol–water partition coefficient (Wildman–Crippen LogP) is 4.85. The van der Waals surface area contributed by atoms with E-state index in [0.29, 0.717) is 5.75 Å². The Morgan fingerprint density at radius 3 is 2.19 bits per heavy atom. The van der Waals surface area contributed by atoms with Gasteiger partial charge in [0.05, 0.1) is 16.5 Å². The Morgan fingerprint density at radius 1 is 0.944 bits per heavy atom. The number of esters is 1. The lowest BCUT2D eigenvalue weighted by molar-refractivity contribution is -0.384. The first-order valence-electron chi connectivity index (χ1n) is 11.1. The maximum atomic E-state index is 12.5. The molecule has 1 amide bonds. The number of benzene rings is 3. The zero-order valence-electron chi connectivity index (χ0n) is 19.6. The molecule has 0 aliphatic rings. The number of alkyl carbamates (subject to hydrolysis) is 1. The van der Waals surface area contributed by atoms with Gasteiger partial charge in [-0.2, -0.15) is 0 Å². The summed E-state index contributed by atoms with van der Waals surface area (Å²) in [6.07, 6.45) is -1.30. The minimum atomic E-state index is -0.674. The second kappa shape index (κ2) is 13.9. The smallest absolute Gasteiger partial charge is 0.407 e. The highest BCUT2D eigenvalue weighted by Gasteiger charge is 2.26. The summed E-state index contributed by atoms with van der Waals surface area (Å²) >= 11 is 1.51. The standard InChI is InChI=1S/C26H26N2O7S/c1-33-24(17-34-25(29)20-12-14-21(15-13-20)28(31)32)23(18-36-22-10-6-3-7-11-22)27-26(30)35-16-19-8-4-2-5-9-19/h2-15,23-24H,16-18H2,1H3,(H,27,30). The van der Waals surface area contributed by atoms with Crippen LogP contribution in [0.5, 0.6) is 0 Å². The Morgan fingerprint density at radius 2 is 1.58 bits per heavy atom. The van der Waals surface area contributed by atoms with Gasteiger partial charge in [-0.15, -0.1) is 11.8 Å². The van der Waals surface area contributed by atoms with Gasteiger partial charge in [-0.1, -0.05) is 48.5 Å². The number of rotatable bonds is 12. The normalized spacial score (nSPS) is 12.2. The summed E-state index contributed by atoms with van der Waals surface area (Å²) in [6.45, 7) is -0.0384. The van der Waals surface area contributed by atoms with Crippen molar-refractivity contribution in [1.82, 2.24) is 5.32 Å². The fourth-order valence-electron chi connectivity index (χ4n) is 3.17. The van der Waals surface area contributed by atoms with E-state index in [-0.39, 0.29) is 24.5 Å². The molecule has 36 heavy (non-hydrogen) atoms. The topological polar surface area (TPSA) is 117 Å². The van der Waals surface area contributed by atoms with Crippen molar-refractivity contribution >= 4 is 29.5 Å². The first-order valence-corrected chi connectivity index (χ1v) is 12.0. The number of hydrogen-bond donors (Lipinski definition) is 1. The van der Waals surface area contributed by atoms with Gasteiger partial charge < -0.3 is 19.5 Å². The minimum Gasteiger partial charge on any atom is -0.459 e. The van der Waals surface area contributed by atoms with Crippen LogP contribution in [-0.4, -0.2) is 48.6 Å². The first-order chi connectivity index (χ1) is 17.5. The van der Waals surface area contributed by atoms with E-state index in [1.165, 1.54) is 43.1 Å². The third kappa shape index (κ3) is 8.40. The van der Waals surface area contributed by atoms with Crippen LogP contribution in [0.15, 0.2) is 89.8 Å². The van der Waals surface area contributed by atoms with E-state index in [1.807, 2.05) is 60.7 Å². The lowest BCUT2D eigenvalue weighted by atomic mass is 10.2. The van der Waals surface area contributed by atoms with Gasteiger partial charge >= 0.3 is 12.1 Å². The van der Waals surface area contributed by atoms with E-state index in [0.717, 1.165) is 10.5 Å². The van der Waals surface area contributed by atoms with Gasteiger partial charge in [0.25, 0.3) is 5.69 Å². The highest BCUT2D eigenvalue weighted by atomic mass is 32.2. The third-order valence-electron chi connectivity index (χ3n) is 5.13. The van der Waals surface area contributed by atoms with E-state index < -0.39 is 29.1 Å². The molecule has 0 radical (unpaired) electrons. The van der Waals surface area contributed by atoms with Gasteiger partial charge in [-0.05, 0) is 29.8 Å². The van der Waals surface area contributed by atoms with Crippen LogP contribution in [0.4, 0.5) is 10.5 Å². The monoisotopic (exact) mass is 510 g/mol. The quantitative estimate of drug-likeness (QED) is 0.159. The molecule has 3 aromatic carbocycles. The molecule has 188 valence electrons. The van der Waals surface area contributed by atoms with Crippen molar-refractivity contribution < 1.29 is 28.7 Å². The number of nitro benzene ring substituents is 1. The molecule has 1 N–H and O–H groups in total. The third-order valence-corrected chi connectivity index (χ3v) is 6.26. The van der Waals surface area contributed by atoms with Gasteiger partial charge in [0.2, 0.25) is 0 Å². The largest absolute Gasteiger partial charge is 0.459 e. The van der Waals surface area contributed by atoms with Crippen LogP contribution in [0.25, 0.3) is 0 Å². The number of carbonyl (C=O) groups is 2. The SMILES string of the molecule is COC(COC(=O)c1ccc([N+](=O)[O-])cc1)C(CSc1ccccc1)NC(=O)OCc1ccccc1. The molecule has 0 aliphatic carbocycles. The molecule has 2 atom stereocenters. The zero-order valence-corrected chi connectivity index (χ0v) is 20.4. The van der Waals surface area contributed by atoms with Crippen LogP contribution in [0.1, 0.15) is 15.9 Å². The fourth-order valence-corrected chi connectivity index (χ4v) is 4.19. The molecular weight excluding hydrogens is 484 g/mol. The molecule has 0 saturated heterocycles. The van der Waals surface area contributed by atoms with E-state index in [4.69, 9.17) is 14.2 Å². The zero-order chi connectivity index (χ0) is 25.8. The highest BCUT2D eigenvalue weighted by molar-refractivity contribution is 7.99. The number of carbonyl (C=O) groups excluding carboxylic acids is 2. The summed E-state index contributed by atoms with van der Waals surface area (Å²) in [4.78, 5) is 36.3. The number of nitrogens with zero attached hydrogens (tertiary/aromatic N) is 1. The second-order valence-electron chi connectivity index (χ2n) is 7.61. The number of methoxy groups -OCH3 is 1. The molecule has 9 nitrogen and oxygen atoms in total. The van der Waals surface area contributed by atoms with Crippen molar-refractivity contribution in [3.63, 3.8) is 0 Å². The average molecular weight is 511 g/mol. The molecule has 0 heterocycles. The van der Waals surface area contributed by atoms with Gasteiger partial charge in [-0.25, -0.2) is 9.59 Å². The van der Waals surface area contributed by atoms with Gasteiger partial charge in [0, 0.05) is 29.9 Å². The van der Waals surface area contributed by atoms with Crippen molar-refractivity contribution in [3.8, 4) is 0 Å². The maximum Gasteiger partial charge on any atom is 0.407 e. The van der Waals surface area contributed by atoms with Crippen LogP contribution in [0.2, 0.25) is 0 Å². The van der Waals surface area contributed by atoms with E-state index in [1.54, 1.807) is 0 Å². The van der Waals surface area contributed by atoms with Crippen molar-refractivity contribution in [1.29, 1.82) is 0 Å². The number of non-ortho nitro benzene ring substituents is 1. The number of amides is 1. The van der Waals surface area contributed by atoms with Crippen molar-refractivity contribution in [2.24, 2.45) is 0 Å². The van der Waals surface area contributed by atoms with Crippen molar-refractivity contribution in [2.75, 3.05) is 19.5 Å². The molecule has 0 saturated carbocycles. The molecule has 0 aromatic heterocycles. The van der Waals surface area contributed by atoms with Crippen LogP contribution in [-0.2, 0) is 20.8 Å². The van der Waals surface area contributed by atoms with Crippen molar-refractivity contribution in [3.05, 3.63) is 106 Å². The van der Waals surface area contributed by atoms with Gasteiger partial charge in [0.1, 0.15) is 19.3 Å². The van der Waals surface area contributed by atoms with E-state index in [9.17, 15) is 19.7 Å². The Labute approximate surface area is 212 Å². The lowest BCUT2D eigenvalue weighted by Crippen LogP contribution is -2.48. The molecule has 3 rings (SSSR count). The predicted molar refractivity (Wildman–Crippen MR) is 135 cm³/mol. The van der Waals surface area contributed by atoms with Crippen LogP contribution in [0.3, 0.4) is 0 Å². The minimum absolute atomic E-state index is 0.109. The van der Waals surface area contributed by atoms with Gasteiger partial charge in [0.15, 0.2) is 0 Å². The van der Waals surface area contributed by atoms with E-state index >= 15 is 0 Å². The molecule has 0 aliphatic heterocycles. The Bertz CT molecular complexity index is 1130. The summed E-state index contributed by atoms with van der Waals surface area (Å²) in [6, 6.07) is 23.5. The first kappa shape index (κ1) is 26.7. The molecular formula is C26H26N2O7S. The number of nitrogens with one attached hydrogen (secondary N) is 1. The summed E-state index contributed by atoms with van der Waals surface area (Å²) in [5.74, 6) is -0.231. The van der Waals surface area contributed by atoms with Crippen LogP contribution < -0.4 is 5.32 Å². The van der Waals surface area contributed by atoms with Gasteiger partial charge in [-0.3, -0.25) is 10.1 Å². The summed E-state index contributed by atoms with van der Waals surface area (Å²) in [5, 5.41) is 13.6. The molecule has 0 fully saturated rings. The summed E-state index contributed by atoms with van der Waals surface area (Å²) < 4.78 is 16.3. The van der Waals surface area contributed by atoms with E-state index in [2.05, 4.69) is 5.32 Å². The number of thioether (sulfide) groups is 1. The number of ether oxygens (including phenoxy) is 3. The Hall–Kier alpha value is -3.89. The number of hydrogen-bond acceptors (Lipinski definition) is 8. The summed E-state index contributed by atoms with van der Waals surface area (Å²) in [5.41, 5.74) is 0.890. The second-order valence-corrected chi connectivity index (χ2v) is 8.71. The number of nitro groups is 1. The maximum absolute atomic E-state index is 12.5. The molecule has 3 aromatic rings. The van der Waals surface area contributed by atoms with Crippen molar-refractivity contribution in [2.45, 2.75) is 23.6 Å². The molecule has 0 bridgehead atoms. The van der Waals surface area contributed by atoms with Crippen LogP contribution >= 0.6 is 11.8 Å². The molecule has 2 unspecified atom stereocenters. The molecule has 10 heteroatoms. The summed E-state index contributed by atoms with van der Waals surface area (Å²) in [7, 11) is 1.46.